The molecule has 0 radical (unpaired) electrons. The standard InChI is InChI=1S/C9H5Br3N4O/c10-4-1-5(11)7(6(12)2-4)15-9(17)8-13-3-14-16-8/h1-3H,(H,15,17)(H,13,14,16). The average molecular weight is 425 g/mol. The summed E-state index contributed by atoms with van der Waals surface area (Å²) in [7, 11) is 0. The van der Waals surface area contributed by atoms with Gasteiger partial charge in [-0.15, -0.1) is 0 Å². The Bertz CT molecular complexity index is 532. The van der Waals surface area contributed by atoms with Crippen LogP contribution in [-0.4, -0.2) is 21.1 Å². The predicted molar refractivity (Wildman–Crippen MR) is 73.9 cm³/mol. The van der Waals surface area contributed by atoms with Crippen LogP contribution in [-0.2, 0) is 0 Å². The number of carbonyl (C=O) groups is 1. The van der Waals surface area contributed by atoms with Gasteiger partial charge >= 0.3 is 0 Å². The smallest absolute Gasteiger partial charge is 0.293 e. The summed E-state index contributed by atoms with van der Waals surface area (Å²) in [6.45, 7) is 0. The Morgan fingerprint density at radius 1 is 1.24 bits per heavy atom. The zero-order valence-corrected chi connectivity index (χ0v) is 12.9. The van der Waals surface area contributed by atoms with Crippen molar-refractivity contribution in [1.82, 2.24) is 15.2 Å². The van der Waals surface area contributed by atoms with Gasteiger partial charge in [-0.05, 0) is 44.0 Å². The number of carbonyl (C=O) groups excluding carboxylic acids is 1. The van der Waals surface area contributed by atoms with Gasteiger partial charge in [0.1, 0.15) is 6.33 Å². The van der Waals surface area contributed by atoms with E-state index in [-0.39, 0.29) is 11.7 Å². The van der Waals surface area contributed by atoms with E-state index in [2.05, 4.69) is 68.3 Å². The van der Waals surface area contributed by atoms with Crippen molar-refractivity contribution in [2.24, 2.45) is 0 Å². The van der Waals surface area contributed by atoms with Gasteiger partial charge in [-0.25, -0.2) is 4.98 Å². The second-order valence-electron chi connectivity index (χ2n) is 3.03. The Balaban J connectivity index is 2.28. The van der Waals surface area contributed by atoms with Gasteiger partial charge in [0, 0.05) is 13.4 Å². The highest BCUT2D eigenvalue weighted by Crippen LogP contribution is 2.34. The minimum Gasteiger partial charge on any atom is -0.317 e. The third kappa shape index (κ3) is 2.93. The molecule has 2 N–H and O–H groups in total. The van der Waals surface area contributed by atoms with Crippen molar-refractivity contribution in [3.05, 3.63) is 37.7 Å². The van der Waals surface area contributed by atoms with Crippen LogP contribution in [0.3, 0.4) is 0 Å². The largest absolute Gasteiger partial charge is 0.317 e. The molecule has 8 heteroatoms. The van der Waals surface area contributed by atoms with Crippen LogP contribution in [0.1, 0.15) is 10.6 Å². The summed E-state index contributed by atoms with van der Waals surface area (Å²) in [5.41, 5.74) is 0.634. The maximum absolute atomic E-state index is 11.8. The normalized spacial score (nSPS) is 10.3. The van der Waals surface area contributed by atoms with E-state index in [1.807, 2.05) is 12.1 Å². The first-order valence-corrected chi connectivity index (χ1v) is 6.77. The molecule has 0 unspecified atom stereocenters. The monoisotopic (exact) mass is 422 g/mol. The van der Waals surface area contributed by atoms with Crippen molar-refractivity contribution in [2.45, 2.75) is 0 Å². The van der Waals surface area contributed by atoms with Gasteiger partial charge in [-0.3, -0.25) is 9.89 Å². The Morgan fingerprint density at radius 2 is 1.88 bits per heavy atom. The fourth-order valence-electron chi connectivity index (χ4n) is 1.15. The molecule has 1 aromatic heterocycles. The maximum atomic E-state index is 11.8. The predicted octanol–water partition coefficient (Wildman–Crippen LogP) is 3.34. The van der Waals surface area contributed by atoms with Crippen LogP contribution in [0.4, 0.5) is 5.69 Å². The van der Waals surface area contributed by atoms with E-state index in [9.17, 15) is 4.79 Å². The number of H-pyrrole nitrogens is 1. The number of nitrogens with zero attached hydrogens (tertiary/aromatic N) is 2. The minimum atomic E-state index is -0.355. The first kappa shape index (κ1) is 12.7. The highest BCUT2D eigenvalue weighted by molar-refractivity contribution is 9.11. The Morgan fingerprint density at radius 3 is 2.41 bits per heavy atom. The topological polar surface area (TPSA) is 70.7 Å². The van der Waals surface area contributed by atoms with Crippen LogP contribution in [0.5, 0.6) is 0 Å². The lowest BCUT2D eigenvalue weighted by molar-refractivity contribution is 0.101. The van der Waals surface area contributed by atoms with E-state index in [1.54, 1.807) is 0 Å². The van der Waals surface area contributed by atoms with Gasteiger partial charge in [0.2, 0.25) is 5.82 Å². The van der Waals surface area contributed by atoms with E-state index >= 15 is 0 Å². The molecule has 17 heavy (non-hydrogen) atoms. The lowest BCUT2D eigenvalue weighted by Crippen LogP contribution is -2.14. The van der Waals surface area contributed by atoms with Crippen molar-refractivity contribution in [2.75, 3.05) is 5.32 Å². The first-order valence-electron chi connectivity index (χ1n) is 4.39. The molecule has 0 saturated heterocycles. The number of anilines is 1. The highest BCUT2D eigenvalue weighted by Gasteiger charge is 2.13. The van der Waals surface area contributed by atoms with Crippen molar-refractivity contribution < 1.29 is 4.79 Å². The lowest BCUT2D eigenvalue weighted by Gasteiger charge is -2.08. The van der Waals surface area contributed by atoms with Gasteiger partial charge in [-0.1, -0.05) is 15.9 Å². The van der Waals surface area contributed by atoms with Crippen LogP contribution in [0.25, 0.3) is 0 Å². The molecule has 0 aliphatic rings. The maximum Gasteiger partial charge on any atom is 0.293 e. The van der Waals surface area contributed by atoms with E-state index in [1.165, 1.54) is 6.33 Å². The molecule has 88 valence electrons. The van der Waals surface area contributed by atoms with Gasteiger partial charge in [-0.2, -0.15) is 5.10 Å². The molecule has 0 bridgehead atoms. The Kier molecular flexibility index (Phi) is 3.95. The molecule has 1 amide bonds. The first-order chi connectivity index (χ1) is 8.08. The third-order valence-corrected chi connectivity index (χ3v) is 3.58. The number of benzene rings is 1. The van der Waals surface area contributed by atoms with Crippen molar-refractivity contribution in [1.29, 1.82) is 0 Å². The van der Waals surface area contributed by atoms with Crippen molar-refractivity contribution in [3.63, 3.8) is 0 Å². The van der Waals surface area contributed by atoms with Crippen LogP contribution < -0.4 is 5.32 Å². The number of hydrogen-bond donors (Lipinski definition) is 2. The van der Waals surface area contributed by atoms with E-state index < -0.39 is 0 Å². The summed E-state index contributed by atoms with van der Waals surface area (Å²) >= 11 is 10.1. The molecule has 0 atom stereocenters. The summed E-state index contributed by atoms with van der Waals surface area (Å²) in [5, 5.41) is 8.83. The average Bonchev–Trinajstić information content (AvgIpc) is 2.76. The van der Waals surface area contributed by atoms with Crippen molar-refractivity contribution >= 4 is 59.4 Å². The molecule has 0 fully saturated rings. The molecule has 0 saturated carbocycles. The highest BCUT2D eigenvalue weighted by atomic mass is 79.9. The summed E-state index contributed by atoms with van der Waals surface area (Å²) in [6.07, 6.45) is 1.28. The molecular formula is C9H5Br3N4O. The molecule has 1 aromatic carbocycles. The number of hydrogen-bond acceptors (Lipinski definition) is 3. The molecule has 0 spiro atoms. The van der Waals surface area contributed by atoms with Crippen LogP contribution in [0.15, 0.2) is 31.9 Å². The number of aromatic nitrogens is 3. The molecular weight excluding hydrogens is 420 g/mol. The van der Waals surface area contributed by atoms with E-state index in [0.29, 0.717) is 5.69 Å². The summed E-state index contributed by atoms with van der Waals surface area (Å²) in [5.74, 6) is -0.196. The van der Waals surface area contributed by atoms with E-state index in [0.717, 1.165) is 13.4 Å². The minimum absolute atomic E-state index is 0.159. The van der Waals surface area contributed by atoms with E-state index in [4.69, 9.17) is 0 Å². The number of nitrogens with one attached hydrogen (secondary N) is 2. The van der Waals surface area contributed by atoms with Gasteiger partial charge in [0.15, 0.2) is 0 Å². The van der Waals surface area contributed by atoms with Gasteiger partial charge in [0.05, 0.1) is 5.69 Å². The molecule has 5 nitrogen and oxygen atoms in total. The number of amides is 1. The SMILES string of the molecule is O=C(Nc1c(Br)cc(Br)cc1Br)c1ncn[nH]1. The fourth-order valence-corrected chi connectivity index (χ4v) is 3.61. The van der Waals surface area contributed by atoms with Crippen LogP contribution in [0.2, 0.25) is 0 Å². The number of aromatic amines is 1. The molecule has 2 rings (SSSR count). The molecule has 0 aliphatic heterocycles. The fraction of sp³-hybridized carbons (Fsp3) is 0. The molecule has 0 aliphatic carbocycles. The number of halogens is 3. The quantitative estimate of drug-likeness (QED) is 0.776. The summed E-state index contributed by atoms with van der Waals surface area (Å²) in [6, 6.07) is 3.67. The Labute approximate surface area is 122 Å². The van der Waals surface area contributed by atoms with Crippen LogP contribution >= 0.6 is 47.8 Å². The second-order valence-corrected chi connectivity index (χ2v) is 5.66. The second kappa shape index (κ2) is 5.28. The number of rotatable bonds is 2. The summed E-state index contributed by atoms with van der Waals surface area (Å²) in [4.78, 5) is 15.5. The lowest BCUT2D eigenvalue weighted by atomic mass is 10.3. The summed E-state index contributed by atoms with van der Waals surface area (Å²) < 4.78 is 2.41. The molecule has 2 aromatic rings. The van der Waals surface area contributed by atoms with Gasteiger partial charge in [0.25, 0.3) is 5.91 Å². The zero-order valence-electron chi connectivity index (χ0n) is 8.17. The molecule has 1 heterocycles. The van der Waals surface area contributed by atoms with Crippen molar-refractivity contribution in [3.8, 4) is 0 Å². The Hall–Kier alpha value is -0.730. The van der Waals surface area contributed by atoms with Gasteiger partial charge < -0.3 is 5.32 Å². The van der Waals surface area contributed by atoms with Crippen LogP contribution in [0, 0.1) is 0 Å². The zero-order chi connectivity index (χ0) is 12.4. The third-order valence-electron chi connectivity index (χ3n) is 1.88.